The number of carbonyl (C=O) groups is 1. The average molecular weight is 291 g/mol. The summed E-state index contributed by atoms with van der Waals surface area (Å²) in [5.41, 5.74) is 4.17. The van der Waals surface area contributed by atoms with Crippen molar-refractivity contribution < 1.29 is 9.53 Å². The number of benzene rings is 2. The Kier molecular flexibility index (Phi) is 3.79. The lowest BCUT2D eigenvalue weighted by Gasteiger charge is -2.05. The summed E-state index contributed by atoms with van der Waals surface area (Å²) in [6.07, 6.45) is 0. The number of methoxy groups -OCH3 is 1. The third kappa shape index (κ3) is 2.66. The number of H-pyrrole nitrogens is 1. The van der Waals surface area contributed by atoms with Crippen LogP contribution in [0.5, 0.6) is 5.75 Å². The highest BCUT2D eigenvalue weighted by Crippen LogP contribution is 2.26. The number of carbonyl (C=O) groups excluding carboxylic acids is 1. The van der Waals surface area contributed by atoms with Crippen LogP contribution in [0.1, 0.15) is 21.6 Å². The number of ether oxygens (including phenoxy) is 1. The van der Waals surface area contributed by atoms with Gasteiger partial charge in [-0.25, -0.2) is 0 Å². The fraction of sp³-hybridized carbons (Fsp3) is 0.105. The molecule has 3 heteroatoms. The van der Waals surface area contributed by atoms with E-state index < -0.39 is 0 Å². The van der Waals surface area contributed by atoms with Crippen LogP contribution in [0, 0.1) is 6.92 Å². The Bertz CT molecular complexity index is 786. The Hall–Kier alpha value is -2.81. The Morgan fingerprint density at radius 1 is 1.00 bits per heavy atom. The Balaban J connectivity index is 2.02. The molecule has 1 heterocycles. The topological polar surface area (TPSA) is 42.1 Å². The number of hydrogen-bond donors (Lipinski definition) is 1. The van der Waals surface area contributed by atoms with Crippen molar-refractivity contribution in [1.82, 2.24) is 4.98 Å². The summed E-state index contributed by atoms with van der Waals surface area (Å²) in [4.78, 5) is 16.1. The van der Waals surface area contributed by atoms with Gasteiger partial charge in [0.15, 0.2) is 5.78 Å². The standard InChI is InChI=1S/C19H17NO2/c1-13-12-17(18(20-13)14-6-4-3-5-7-14)19(21)15-8-10-16(22-2)11-9-15/h3-12,20H,1-2H3. The SMILES string of the molecule is COc1ccc(C(=O)c2cc(C)[nH]c2-c2ccccc2)cc1. The van der Waals surface area contributed by atoms with Crippen LogP contribution < -0.4 is 4.74 Å². The van der Waals surface area contributed by atoms with Crippen molar-refractivity contribution in [2.24, 2.45) is 0 Å². The molecule has 0 saturated carbocycles. The van der Waals surface area contributed by atoms with Crippen molar-refractivity contribution in [2.45, 2.75) is 6.92 Å². The van der Waals surface area contributed by atoms with Gasteiger partial charge in [-0.2, -0.15) is 0 Å². The van der Waals surface area contributed by atoms with Gasteiger partial charge in [-0.05, 0) is 42.8 Å². The van der Waals surface area contributed by atoms with Crippen molar-refractivity contribution >= 4 is 5.78 Å². The highest BCUT2D eigenvalue weighted by Gasteiger charge is 2.17. The number of ketones is 1. The first-order chi connectivity index (χ1) is 10.7. The average Bonchev–Trinajstić information content (AvgIpc) is 2.97. The Morgan fingerprint density at radius 2 is 1.68 bits per heavy atom. The molecule has 1 N–H and O–H groups in total. The van der Waals surface area contributed by atoms with Crippen molar-refractivity contribution in [1.29, 1.82) is 0 Å². The second-order valence-corrected chi connectivity index (χ2v) is 5.16. The molecule has 0 aliphatic rings. The lowest BCUT2D eigenvalue weighted by atomic mass is 10.00. The number of hydrogen-bond acceptors (Lipinski definition) is 2. The van der Waals surface area contributed by atoms with Crippen LogP contribution in [0.3, 0.4) is 0 Å². The van der Waals surface area contributed by atoms with Crippen molar-refractivity contribution in [3.8, 4) is 17.0 Å². The summed E-state index contributed by atoms with van der Waals surface area (Å²) in [6.45, 7) is 1.96. The number of aromatic amines is 1. The molecule has 2 aromatic carbocycles. The molecule has 0 saturated heterocycles. The van der Waals surface area contributed by atoms with Crippen LogP contribution in [-0.4, -0.2) is 17.9 Å². The molecule has 0 aliphatic heterocycles. The summed E-state index contributed by atoms with van der Waals surface area (Å²) in [5.74, 6) is 0.746. The minimum Gasteiger partial charge on any atom is -0.497 e. The van der Waals surface area contributed by atoms with Gasteiger partial charge >= 0.3 is 0 Å². The number of aromatic nitrogens is 1. The Morgan fingerprint density at radius 3 is 2.32 bits per heavy atom. The predicted octanol–water partition coefficient (Wildman–Crippen LogP) is 4.23. The lowest BCUT2D eigenvalue weighted by molar-refractivity contribution is 0.103. The molecule has 0 amide bonds. The first-order valence-corrected chi connectivity index (χ1v) is 7.13. The molecule has 3 rings (SSSR count). The van der Waals surface area contributed by atoms with Crippen LogP contribution in [-0.2, 0) is 0 Å². The normalized spacial score (nSPS) is 10.5. The van der Waals surface area contributed by atoms with Gasteiger partial charge < -0.3 is 9.72 Å². The van der Waals surface area contributed by atoms with Crippen LogP contribution in [0.2, 0.25) is 0 Å². The van der Waals surface area contributed by atoms with Crippen LogP contribution in [0.15, 0.2) is 60.7 Å². The fourth-order valence-corrected chi connectivity index (χ4v) is 2.50. The van der Waals surface area contributed by atoms with Crippen molar-refractivity contribution in [2.75, 3.05) is 7.11 Å². The second kappa shape index (κ2) is 5.90. The predicted molar refractivity (Wildman–Crippen MR) is 87.4 cm³/mol. The van der Waals surface area contributed by atoms with E-state index in [9.17, 15) is 4.79 Å². The van der Waals surface area contributed by atoms with Gasteiger partial charge in [0.2, 0.25) is 0 Å². The maximum absolute atomic E-state index is 12.8. The van der Waals surface area contributed by atoms with E-state index in [0.29, 0.717) is 11.1 Å². The van der Waals surface area contributed by atoms with Gasteiger partial charge in [0.05, 0.1) is 12.8 Å². The number of rotatable bonds is 4. The van der Waals surface area contributed by atoms with E-state index in [1.54, 1.807) is 31.4 Å². The number of nitrogens with one attached hydrogen (secondary N) is 1. The number of aryl methyl sites for hydroxylation is 1. The molecule has 0 bridgehead atoms. The maximum atomic E-state index is 12.8. The van der Waals surface area contributed by atoms with E-state index in [2.05, 4.69) is 4.98 Å². The molecule has 0 fully saturated rings. The molecule has 0 radical (unpaired) electrons. The summed E-state index contributed by atoms with van der Waals surface area (Å²) < 4.78 is 5.13. The van der Waals surface area contributed by atoms with Gasteiger partial charge in [0.1, 0.15) is 5.75 Å². The smallest absolute Gasteiger partial charge is 0.195 e. The van der Waals surface area contributed by atoms with Crippen LogP contribution >= 0.6 is 0 Å². The highest BCUT2D eigenvalue weighted by molar-refractivity contribution is 6.12. The van der Waals surface area contributed by atoms with E-state index >= 15 is 0 Å². The molecular weight excluding hydrogens is 274 g/mol. The lowest BCUT2D eigenvalue weighted by Crippen LogP contribution is -2.02. The molecule has 0 aliphatic carbocycles. The minimum atomic E-state index is 0.00542. The summed E-state index contributed by atoms with van der Waals surface area (Å²) in [6, 6.07) is 19.0. The zero-order chi connectivity index (χ0) is 15.5. The van der Waals surface area contributed by atoms with Gasteiger partial charge in [-0.15, -0.1) is 0 Å². The zero-order valence-corrected chi connectivity index (χ0v) is 12.6. The van der Waals surface area contributed by atoms with Gasteiger partial charge in [-0.1, -0.05) is 30.3 Å². The zero-order valence-electron chi connectivity index (χ0n) is 12.6. The monoisotopic (exact) mass is 291 g/mol. The van der Waals surface area contributed by atoms with E-state index in [0.717, 1.165) is 22.7 Å². The first kappa shape index (κ1) is 14.1. The largest absolute Gasteiger partial charge is 0.497 e. The molecule has 22 heavy (non-hydrogen) atoms. The third-order valence-electron chi connectivity index (χ3n) is 3.61. The van der Waals surface area contributed by atoms with E-state index in [1.807, 2.05) is 43.3 Å². The van der Waals surface area contributed by atoms with Crippen LogP contribution in [0.4, 0.5) is 0 Å². The molecule has 3 nitrogen and oxygen atoms in total. The van der Waals surface area contributed by atoms with Crippen molar-refractivity contribution in [3.05, 3.63) is 77.5 Å². The van der Waals surface area contributed by atoms with Crippen LogP contribution in [0.25, 0.3) is 11.3 Å². The minimum absolute atomic E-state index is 0.00542. The molecule has 0 spiro atoms. The van der Waals surface area contributed by atoms with E-state index in [4.69, 9.17) is 4.74 Å². The summed E-state index contributed by atoms with van der Waals surface area (Å²) >= 11 is 0. The summed E-state index contributed by atoms with van der Waals surface area (Å²) in [5, 5.41) is 0. The van der Waals surface area contributed by atoms with Gasteiger partial charge in [0.25, 0.3) is 0 Å². The molecule has 0 atom stereocenters. The second-order valence-electron chi connectivity index (χ2n) is 5.16. The molecule has 110 valence electrons. The summed E-state index contributed by atoms with van der Waals surface area (Å²) in [7, 11) is 1.61. The highest BCUT2D eigenvalue weighted by atomic mass is 16.5. The van der Waals surface area contributed by atoms with Gasteiger partial charge in [-0.3, -0.25) is 4.79 Å². The first-order valence-electron chi connectivity index (χ1n) is 7.13. The maximum Gasteiger partial charge on any atom is 0.195 e. The van der Waals surface area contributed by atoms with E-state index in [-0.39, 0.29) is 5.78 Å². The fourth-order valence-electron chi connectivity index (χ4n) is 2.50. The Labute approximate surface area is 129 Å². The molecular formula is C19H17NO2. The quantitative estimate of drug-likeness (QED) is 0.731. The van der Waals surface area contributed by atoms with Gasteiger partial charge in [0, 0.05) is 16.8 Å². The molecule has 1 aromatic heterocycles. The molecule has 3 aromatic rings. The molecule has 0 unspecified atom stereocenters. The third-order valence-corrected chi connectivity index (χ3v) is 3.61. The van der Waals surface area contributed by atoms with E-state index in [1.165, 1.54) is 0 Å². The van der Waals surface area contributed by atoms with Crippen molar-refractivity contribution in [3.63, 3.8) is 0 Å².